The van der Waals surface area contributed by atoms with Crippen LogP contribution in [0.3, 0.4) is 0 Å². The predicted octanol–water partition coefficient (Wildman–Crippen LogP) is 4.11. The van der Waals surface area contributed by atoms with E-state index in [1.54, 1.807) is 0 Å². The minimum Gasteiger partial charge on any atom is -0.490 e. The van der Waals surface area contributed by atoms with Crippen LogP contribution < -0.4 is 4.74 Å². The number of carbonyl (C=O) groups is 1. The summed E-state index contributed by atoms with van der Waals surface area (Å²) in [5.74, 6) is 0.255. The summed E-state index contributed by atoms with van der Waals surface area (Å²) in [6.45, 7) is 9.91. The van der Waals surface area contributed by atoms with E-state index in [0.717, 1.165) is 44.6 Å². The van der Waals surface area contributed by atoms with Crippen molar-refractivity contribution in [2.75, 3.05) is 26.0 Å². The molecule has 1 saturated heterocycles. The van der Waals surface area contributed by atoms with Crippen molar-refractivity contribution in [1.29, 1.82) is 0 Å². The number of fused-ring (bicyclic) bond motifs is 1. The molecule has 2 aliphatic carbocycles. The Balaban J connectivity index is 1.26. The predicted molar refractivity (Wildman–Crippen MR) is 127 cm³/mol. The van der Waals surface area contributed by atoms with Crippen LogP contribution >= 0.6 is 0 Å². The van der Waals surface area contributed by atoms with Crippen LogP contribution in [0.15, 0.2) is 23.1 Å². The number of sulfone groups is 1. The molecule has 1 aliphatic heterocycles. The van der Waals surface area contributed by atoms with Gasteiger partial charge in [-0.25, -0.2) is 17.6 Å². The maximum Gasteiger partial charge on any atom is 0.410 e. The van der Waals surface area contributed by atoms with Gasteiger partial charge in [0, 0.05) is 31.4 Å². The molecule has 3 aliphatic rings. The molecule has 3 fully saturated rings. The minimum absolute atomic E-state index is 0.0442. The molecule has 1 aromatic carbocycles. The summed E-state index contributed by atoms with van der Waals surface area (Å²) in [4.78, 5) is 17.1. The molecule has 4 rings (SSSR count). The third kappa shape index (κ3) is 5.51. The second kappa shape index (κ2) is 9.30. The topological polar surface area (TPSA) is 76.2 Å². The van der Waals surface area contributed by atoms with Gasteiger partial charge in [0.25, 0.3) is 0 Å². The van der Waals surface area contributed by atoms with Crippen molar-refractivity contribution < 1.29 is 27.1 Å². The Hall–Kier alpha value is -1.87. The SMILES string of the molecule is CC1C2C1N(C1CCC(COc3ccc(S(C)(=O)=O)cc3F)CC1)CCN2C(=O)OC(C)(C)C. The zero-order valence-electron chi connectivity index (χ0n) is 20.8. The van der Waals surface area contributed by atoms with E-state index in [9.17, 15) is 17.6 Å². The van der Waals surface area contributed by atoms with Crippen molar-refractivity contribution in [3.8, 4) is 5.75 Å². The lowest BCUT2D eigenvalue weighted by atomic mass is 9.85. The fourth-order valence-electron chi connectivity index (χ4n) is 5.55. The summed E-state index contributed by atoms with van der Waals surface area (Å²) in [7, 11) is -3.44. The molecule has 2 saturated carbocycles. The second-order valence-corrected chi connectivity index (χ2v) is 13.1. The molecular formula is C25H37FN2O5S. The summed E-state index contributed by atoms with van der Waals surface area (Å²) in [5.41, 5.74) is -0.485. The monoisotopic (exact) mass is 496 g/mol. The van der Waals surface area contributed by atoms with Crippen LogP contribution in [0.1, 0.15) is 53.4 Å². The Labute approximate surface area is 202 Å². The highest BCUT2D eigenvalue weighted by molar-refractivity contribution is 7.90. The van der Waals surface area contributed by atoms with E-state index in [2.05, 4.69) is 11.8 Å². The smallest absolute Gasteiger partial charge is 0.410 e. The third-order valence-corrected chi connectivity index (χ3v) is 8.46. The zero-order valence-corrected chi connectivity index (χ0v) is 21.6. The second-order valence-electron chi connectivity index (χ2n) is 11.1. The highest BCUT2D eigenvalue weighted by Crippen LogP contribution is 2.46. The first kappa shape index (κ1) is 25.2. The quantitative estimate of drug-likeness (QED) is 0.611. The number of hydrogen-bond donors (Lipinski definition) is 0. The van der Waals surface area contributed by atoms with Gasteiger partial charge < -0.3 is 14.4 Å². The van der Waals surface area contributed by atoms with Crippen molar-refractivity contribution in [3.05, 3.63) is 24.0 Å². The van der Waals surface area contributed by atoms with Gasteiger partial charge in [0.2, 0.25) is 0 Å². The van der Waals surface area contributed by atoms with E-state index >= 15 is 0 Å². The number of halogens is 1. The summed E-state index contributed by atoms with van der Waals surface area (Å²) < 4.78 is 48.7. The largest absolute Gasteiger partial charge is 0.490 e. The van der Waals surface area contributed by atoms with E-state index in [1.807, 2.05) is 25.7 Å². The van der Waals surface area contributed by atoms with Gasteiger partial charge in [-0.05, 0) is 76.5 Å². The number of amides is 1. The van der Waals surface area contributed by atoms with Crippen LogP contribution in [-0.2, 0) is 14.6 Å². The van der Waals surface area contributed by atoms with Gasteiger partial charge in [0.05, 0.1) is 17.5 Å². The molecule has 34 heavy (non-hydrogen) atoms. The van der Waals surface area contributed by atoms with E-state index in [1.165, 1.54) is 12.1 Å². The number of rotatable bonds is 5. The van der Waals surface area contributed by atoms with Gasteiger partial charge in [0.15, 0.2) is 21.4 Å². The molecule has 0 spiro atoms. The minimum atomic E-state index is -3.44. The van der Waals surface area contributed by atoms with Gasteiger partial charge >= 0.3 is 6.09 Å². The summed E-state index contributed by atoms with van der Waals surface area (Å²) in [6, 6.07) is 4.95. The van der Waals surface area contributed by atoms with E-state index < -0.39 is 21.3 Å². The Morgan fingerprint density at radius 3 is 2.38 bits per heavy atom. The van der Waals surface area contributed by atoms with Crippen LogP contribution in [0.2, 0.25) is 0 Å². The van der Waals surface area contributed by atoms with Crippen molar-refractivity contribution in [2.45, 2.75) is 82.0 Å². The van der Waals surface area contributed by atoms with Crippen LogP contribution in [0.4, 0.5) is 9.18 Å². The van der Waals surface area contributed by atoms with Crippen molar-refractivity contribution in [2.24, 2.45) is 11.8 Å². The first-order valence-corrected chi connectivity index (χ1v) is 14.1. The van der Waals surface area contributed by atoms with Gasteiger partial charge in [-0.3, -0.25) is 4.90 Å². The number of benzene rings is 1. The van der Waals surface area contributed by atoms with E-state index in [-0.39, 0.29) is 22.8 Å². The lowest BCUT2D eigenvalue weighted by Gasteiger charge is -2.41. The molecule has 1 amide bonds. The molecule has 9 heteroatoms. The lowest BCUT2D eigenvalue weighted by molar-refractivity contribution is 0.00524. The average Bonchev–Trinajstić information content (AvgIpc) is 3.42. The Morgan fingerprint density at radius 1 is 1.12 bits per heavy atom. The van der Waals surface area contributed by atoms with Crippen molar-refractivity contribution in [3.63, 3.8) is 0 Å². The zero-order chi connectivity index (χ0) is 24.8. The summed E-state index contributed by atoms with van der Waals surface area (Å²) in [6.07, 6.45) is 4.99. The molecule has 0 radical (unpaired) electrons. The maximum absolute atomic E-state index is 14.3. The van der Waals surface area contributed by atoms with Crippen LogP contribution in [0.5, 0.6) is 5.75 Å². The van der Waals surface area contributed by atoms with Crippen LogP contribution in [-0.4, -0.2) is 74.0 Å². The highest BCUT2D eigenvalue weighted by atomic mass is 32.2. The fraction of sp³-hybridized carbons (Fsp3) is 0.720. The maximum atomic E-state index is 14.3. The standard InChI is InChI=1S/C25H37FN2O5S/c1-16-22-23(16)28(24(29)33-25(2,3)4)13-12-27(22)18-8-6-17(7-9-18)15-32-21-11-10-19(14-20(21)26)34(5,30)31/h10-11,14,16-18,22-23H,6-9,12-13,15H2,1-5H3. The molecule has 3 atom stereocenters. The number of carbonyl (C=O) groups excluding carboxylic acids is 1. The van der Waals surface area contributed by atoms with Crippen LogP contribution in [0.25, 0.3) is 0 Å². The molecule has 0 aromatic heterocycles. The van der Waals surface area contributed by atoms with Crippen LogP contribution in [0, 0.1) is 17.7 Å². The van der Waals surface area contributed by atoms with Crippen molar-refractivity contribution in [1.82, 2.24) is 9.80 Å². The number of nitrogens with zero attached hydrogens (tertiary/aromatic N) is 2. The fourth-order valence-corrected chi connectivity index (χ4v) is 6.18. The third-order valence-electron chi connectivity index (χ3n) is 7.35. The van der Waals surface area contributed by atoms with E-state index in [0.29, 0.717) is 37.1 Å². The van der Waals surface area contributed by atoms with Gasteiger partial charge in [0.1, 0.15) is 5.60 Å². The normalized spacial score (nSPS) is 29.9. The number of hydrogen-bond acceptors (Lipinski definition) is 6. The molecule has 0 bridgehead atoms. The number of piperazine rings is 1. The first-order valence-electron chi connectivity index (χ1n) is 12.2. The number of ether oxygens (including phenoxy) is 2. The lowest BCUT2D eigenvalue weighted by Crippen LogP contribution is -2.53. The average molecular weight is 497 g/mol. The molecule has 190 valence electrons. The Morgan fingerprint density at radius 2 is 1.79 bits per heavy atom. The van der Waals surface area contributed by atoms with Gasteiger partial charge in [-0.1, -0.05) is 6.92 Å². The first-order chi connectivity index (χ1) is 15.8. The molecule has 0 N–H and O–H groups in total. The van der Waals surface area contributed by atoms with E-state index in [4.69, 9.17) is 9.47 Å². The van der Waals surface area contributed by atoms with Gasteiger partial charge in [-0.2, -0.15) is 0 Å². The molecule has 7 nitrogen and oxygen atoms in total. The molecule has 1 heterocycles. The van der Waals surface area contributed by atoms with Crippen molar-refractivity contribution >= 4 is 15.9 Å². The Bertz CT molecular complexity index is 1020. The Kier molecular flexibility index (Phi) is 6.90. The summed E-state index contributed by atoms with van der Waals surface area (Å²) in [5, 5.41) is 0. The molecule has 3 unspecified atom stereocenters. The van der Waals surface area contributed by atoms with Gasteiger partial charge in [-0.15, -0.1) is 0 Å². The molecular weight excluding hydrogens is 459 g/mol. The molecule has 1 aromatic rings. The highest BCUT2D eigenvalue weighted by Gasteiger charge is 2.59. The summed E-state index contributed by atoms with van der Waals surface area (Å²) >= 11 is 0.